The molecule has 1 unspecified atom stereocenters. The average molecular weight is 328 g/mol. The lowest BCUT2D eigenvalue weighted by Crippen LogP contribution is -2.34. The first-order valence-electron chi connectivity index (χ1n) is 6.64. The van der Waals surface area contributed by atoms with Gasteiger partial charge in [-0.1, -0.05) is 29.3 Å². The molecule has 1 aromatic heterocycles. The molecule has 0 aliphatic carbocycles. The molecular formula is C14H15Cl2N3O2. The molecule has 21 heavy (non-hydrogen) atoms. The molecule has 2 aromatic rings. The second-order valence-electron chi connectivity index (χ2n) is 5.12. The monoisotopic (exact) mass is 327 g/mol. The van der Waals surface area contributed by atoms with Gasteiger partial charge in [-0.2, -0.15) is 5.10 Å². The summed E-state index contributed by atoms with van der Waals surface area (Å²) in [4.78, 5) is 3.95. The Kier molecular flexibility index (Phi) is 3.92. The van der Waals surface area contributed by atoms with Crippen molar-refractivity contribution in [2.75, 3.05) is 0 Å². The predicted molar refractivity (Wildman–Crippen MR) is 79.3 cm³/mol. The first-order valence-corrected chi connectivity index (χ1v) is 7.39. The average Bonchev–Trinajstić information content (AvgIpc) is 2.99. The van der Waals surface area contributed by atoms with E-state index in [2.05, 4.69) is 10.1 Å². The number of nitrogens with zero attached hydrogens (tertiary/aromatic N) is 3. The summed E-state index contributed by atoms with van der Waals surface area (Å²) in [6.45, 7) is 4.30. The highest BCUT2D eigenvalue weighted by Crippen LogP contribution is 2.42. The second kappa shape index (κ2) is 5.57. The third-order valence-corrected chi connectivity index (χ3v) is 4.14. The number of halogens is 2. The van der Waals surface area contributed by atoms with Crippen LogP contribution in [0.25, 0.3) is 0 Å². The quantitative estimate of drug-likeness (QED) is 0.868. The van der Waals surface area contributed by atoms with Crippen molar-refractivity contribution in [2.24, 2.45) is 0 Å². The Balaban J connectivity index is 2.04. The zero-order valence-corrected chi connectivity index (χ0v) is 13.2. The SMILES string of the molecule is C[C@@H]1OC(Cn2cncn2)(c2ccc(Cl)cc2Cl)O[C@@H]1C. The van der Waals surface area contributed by atoms with Crippen molar-refractivity contribution in [1.82, 2.24) is 14.8 Å². The van der Waals surface area contributed by atoms with Gasteiger partial charge in [0.1, 0.15) is 19.2 Å². The van der Waals surface area contributed by atoms with Crippen molar-refractivity contribution >= 4 is 23.2 Å². The van der Waals surface area contributed by atoms with E-state index < -0.39 is 5.79 Å². The molecule has 0 spiro atoms. The van der Waals surface area contributed by atoms with Crippen LogP contribution in [0.4, 0.5) is 0 Å². The standard InChI is InChI=1S/C14H15Cl2N3O2/c1-9-10(2)21-14(20-9,6-19-8-17-7-18-19)12-4-3-11(15)5-13(12)16/h3-5,7-10H,6H2,1-2H3/t9-,10+,14?. The fraction of sp³-hybridized carbons (Fsp3) is 0.429. The van der Waals surface area contributed by atoms with E-state index in [1.165, 1.54) is 6.33 Å². The van der Waals surface area contributed by atoms with Gasteiger partial charge < -0.3 is 9.47 Å². The lowest BCUT2D eigenvalue weighted by atomic mass is 10.1. The van der Waals surface area contributed by atoms with E-state index in [9.17, 15) is 0 Å². The van der Waals surface area contributed by atoms with Crippen molar-refractivity contribution in [2.45, 2.75) is 38.4 Å². The molecule has 1 aromatic carbocycles. The van der Waals surface area contributed by atoms with Gasteiger partial charge in [-0.25, -0.2) is 9.67 Å². The fourth-order valence-corrected chi connectivity index (χ4v) is 2.99. The van der Waals surface area contributed by atoms with Crippen molar-refractivity contribution in [3.63, 3.8) is 0 Å². The minimum atomic E-state index is -0.992. The molecular weight excluding hydrogens is 313 g/mol. The Morgan fingerprint density at radius 3 is 2.52 bits per heavy atom. The molecule has 7 heteroatoms. The van der Waals surface area contributed by atoms with E-state index >= 15 is 0 Å². The maximum atomic E-state index is 6.34. The summed E-state index contributed by atoms with van der Waals surface area (Å²) in [6, 6.07) is 5.28. The molecule has 112 valence electrons. The highest BCUT2D eigenvalue weighted by atomic mass is 35.5. The second-order valence-corrected chi connectivity index (χ2v) is 5.96. The Morgan fingerprint density at radius 1 is 1.24 bits per heavy atom. The Bertz CT molecular complexity index is 623. The van der Waals surface area contributed by atoms with Gasteiger partial charge in [-0.15, -0.1) is 0 Å². The fourth-order valence-electron chi connectivity index (χ4n) is 2.43. The summed E-state index contributed by atoms with van der Waals surface area (Å²) in [6.07, 6.45) is 2.98. The van der Waals surface area contributed by atoms with E-state index in [1.54, 1.807) is 23.1 Å². The molecule has 0 amide bonds. The van der Waals surface area contributed by atoms with Gasteiger partial charge in [0.2, 0.25) is 5.79 Å². The van der Waals surface area contributed by atoms with Crippen LogP contribution >= 0.6 is 23.2 Å². The van der Waals surface area contributed by atoms with Crippen LogP contribution in [-0.2, 0) is 21.8 Å². The van der Waals surface area contributed by atoms with Crippen LogP contribution in [0, 0.1) is 0 Å². The van der Waals surface area contributed by atoms with Gasteiger partial charge in [0.05, 0.1) is 17.2 Å². The minimum Gasteiger partial charge on any atom is -0.339 e. The molecule has 0 saturated carbocycles. The molecule has 0 bridgehead atoms. The minimum absolute atomic E-state index is 0.0553. The number of hydrogen-bond acceptors (Lipinski definition) is 4. The van der Waals surface area contributed by atoms with E-state index in [4.69, 9.17) is 32.7 Å². The van der Waals surface area contributed by atoms with Crippen LogP contribution in [0.1, 0.15) is 19.4 Å². The van der Waals surface area contributed by atoms with Gasteiger partial charge in [0.15, 0.2) is 0 Å². The van der Waals surface area contributed by atoms with Crippen molar-refractivity contribution in [3.05, 3.63) is 46.5 Å². The van der Waals surface area contributed by atoms with Crippen LogP contribution in [0.5, 0.6) is 0 Å². The summed E-state index contributed by atoms with van der Waals surface area (Å²) in [7, 11) is 0. The molecule has 3 rings (SSSR count). The summed E-state index contributed by atoms with van der Waals surface area (Å²) in [5.74, 6) is -0.992. The molecule has 0 N–H and O–H groups in total. The number of ether oxygens (including phenoxy) is 2. The third kappa shape index (κ3) is 2.79. The van der Waals surface area contributed by atoms with E-state index in [0.29, 0.717) is 16.6 Å². The van der Waals surface area contributed by atoms with Crippen molar-refractivity contribution in [1.29, 1.82) is 0 Å². The molecule has 1 fully saturated rings. The molecule has 3 atom stereocenters. The van der Waals surface area contributed by atoms with Gasteiger partial charge in [-0.05, 0) is 26.0 Å². The normalized spacial score (nSPS) is 29.0. The first kappa shape index (κ1) is 14.8. The number of benzene rings is 1. The van der Waals surface area contributed by atoms with Crippen molar-refractivity contribution in [3.8, 4) is 0 Å². The Morgan fingerprint density at radius 2 is 1.95 bits per heavy atom. The van der Waals surface area contributed by atoms with Gasteiger partial charge in [0, 0.05) is 10.6 Å². The summed E-state index contributed by atoms with van der Waals surface area (Å²) >= 11 is 12.3. The zero-order valence-electron chi connectivity index (χ0n) is 11.7. The lowest BCUT2D eigenvalue weighted by Gasteiger charge is -2.29. The van der Waals surface area contributed by atoms with Gasteiger partial charge in [-0.3, -0.25) is 0 Å². The largest absolute Gasteiger partial charge is 0.339 e. The first-order chi connectivity index (χ1) is 10.00. The maximum Gasteiger partial charge on any atom is 0.217 e. The summed E-state index contributed by atoms with van der Waals surface area (Å²) < 4.78 is 13.9. The molecule has 1 saturated heterocycles. The van der Waals surface area contributed by atoms with E-state index in [1.807, 2.05) is 19.9 Å². The Hall–Kier alpha value is -1.14. The molecule has 1 aliphatic heterocycles. The highest BCUT2D eigenvalue weighted by molar-refractivity contribution is 6.35. The van der Waals surface area contributed by atoms with Crippen LogP contribution < -0.4 is 0 Å². The Labute approximate surface area is 132 Å². The summed E-state index contributed by atoms with van der Waals surface area (Å²) in [5, 5.41) is 5.20. The number of rotatable bonds is 3. The number of aromatic nitrogens is 3. The topological polar surface area (TPSA) is 49.2 Å². The van der Waals surface area contributed by atoms with E-state index in [-0.39, 0.29) is 12.2 Å². The van der Waals surface area contributed by atoms with Gasteiger partial charge >= 0.3 is 0 Å². The van der Waals surface area contributed by atoms with Crippen LogP contribution in [0.15, 0.2) is 30.9 Å². The zero-order chi connectivity index (χ0) is 15.0. The highest BCUT2D eigenvalue weighted by Gasteiger charge is 2.47. The van der Waals surface area contributed by atoms with Gasteiger partial charge in [0.25, 0.3) is 0 Å². The smallest absolute Gasteiger partial charge is 0.217 e. The molecule has 1 aliphatic rings. The number of hydrogen-bond donors (Lipinski definition) is 0. The predicted octanol–water partition coefficient (Wildman–Crippen LogP) is 3.26. The van der Waals surface area contributed by atoms with Crippen LogP contribution in [0.2, 0.25) is 10.0 Å². The van der Waals surface area contributed by atoms with Crippen molar-refractivity contribution < 1.29 is 9.47 Å². The molecule has 0 radical (unpaired) electrons. The molecule has 2 heterocycles. The van der Waals surface area contributed by atoms with E-state index in [0.717, 1.165) is 5.56 Å². The molecule has 5 nitrogen and oxygen atoms in total. The van der Waals surface area contributed by atoms with Crippen LogP contribution in [-0.4, -0.2) is 27.0 Å². The summed E-state index contributed by atoms with van der Waals surface area (Å²) in [5.41, 5.74) is 0.736. The lowest BCUT2D eigenvalue weighted by molar-refractivity contribution is -0.193. The van der Waals surface area contributed by atoms with Crippen LogP contribution in [0.3, 0.4) is 0 Å². The maximum absolute atomic E-state index is 6.34. The third-order valence-electron chi connectivity index (χ3n) is 3.59.